The molecule has 3 atom stereocenters. The number of carbonyl (C=O) groups excluding carboxylic acids is 2. The third-order valence-electron chi connectivity index (χ3n) is 4.56. The molecule has 1 heterocycles. The summed E-state index contributed by atoms with van der Waals surface area (Å²) in [6, 6.07) is -0.114. The highest BCUT2D eigenvalue weighted by atomic mass is 16.2. The van der Waals surface area contributed by atoms with Crippen LogP contribution in [0.15, 0.2) is 0 Å². The summed E-state index contributed by atoms with van der Waals surface area (Å²) < 4.78 is 0. The van der Waals surface area contributed by atoms with Gasteiger partial charge >= 0.3 is 0 Å². The van der Waals surface area contributed by atoms with Crippen molar-refractivity contribution in [2.75, 3.05) is 13.6 Å². The van der Waals surface area contributed by atoms with Crippen molar-refractivity contribution in [1.29, 1.82) is 0 Å². The zero-order valence-corrected chi connectivity index (χ0v) is 12.5. The highest BCUT2D eigenvalue weighted by Gasteiger charge is 2.45. The molecule has 4 heteroatoms. The number of nitrogens with zero attached hydrogens (tertiary/aromatic N) is 1. The fourth-order valence-electron chi connectivity index (χ4n) is 3.46. The average molecular weight is 266 g/mol. The number of hydrogen-bond donors (Lipinski definition) is 1. The third kappa shape index (κ3) is 2.99. The van der Waals surface area contributed by atoms with Gasteiger partial charge in [0.1, 0.15) is 0 Å². The molecule has 19 heavy (non-hydrogen) atoms. The zero-order valence-electron chi connectivity index (χ0n) is 12.5. The van der Waals surface area contributed by atoms with E-state index in [1.807, 2.05) is 27.8 Å². The number of imide groups is 1. The second kappa shape index (κ2) is 5.23. The van der Waals surface area contributed by atoms with Crippen LogP contribution in [0.2, 0.25) is 0 Å². The number of likely N-dealkylation sites (N-methyl/N-ethyl adjacent to an activating group) is 1. The van der Waals surface area contributed by atoms with Crippen LogP contribution in [0.3, 0.4) is 0 Å². The van der Waals surface area contributed by atoms with E-state index in [2.05, 4.69) is 10.2 Å². The van der Waals surface area contributed by atoms with Crippen LogP contribution in [-0.2, 0) is 9.59 Å². The van der Waals surface area contributed by atoms with E-state index in [4.69, 9.17) is 0 Å². The Labute approximate surface area is 115 Å². The van der Waals surface area contributed by atoms with Gasteiger partial charge in [0.05, 0.1) is 6.04 Å². The molecule has 4 nitrogen and oxygen atoms in total. The number of rotatable bonds is 1. The predicted molar refractivity (Wildman–Crippen MR) is 74.5 cm³/mol. The number of nitrogens with one attached hydrogen (secondary N) is 1. The second-order valence-corrected chi connectivity index (χ2v) is 7.16. The summed E-state index contributed by atoms with van der Waals surface area (Å²) in [5, 5.41) is 2.61. The molecule has 2 fully saturated rings. The number of fused-ring (bicyclic) bond motifs is 1. The van der Waals surface area contributed by atoms with Gasteiger partial charge in [0, 0.05) is 12.0 Å². The smallest absolute Gasteiger partial charge is 0.244 e. The molecule has 0 radical (unpaired) electrons. The third-order valence-corrected chi connectivity index (χ3v) is 4.56. The fraction of sp³-hybridized carbons (Fsp3) is 0.867. The quantitative estimate of drug-likeness (QED) is 0.787. The molecular formula is C15H26N2O2. The Hall–Kier alpha value is -0.900. The molecule has 0 unspecified atom stereocenters. The van der Waals surface area contributed by atoms with E-state index < -0.39 is 5.41 Å². The second-order valence-electron chi connectivity index (χ2n) is 7.16. The van der Waals surface area contributed by atoms with Crippen molar-refractivity contribution >= 4 is 11.8 Å². The summed E-state index contributed by atoms with van der Waals surface area (Å²) in [5.74, 6) is 0.799. The number of amides is 2. The summed E-state index contributed by atoms with van der Waals surface area (Å²) in [6.07, 6.45) is 4.85. The first-order chi connectivity index (χ1) is 8.80. The minimum Gasteiger partial charge on any atom is -0.295 e. The molecule has 2 amide bonds. The number of hydrogen-bond acceptors (Lipinski definition) is 3. The molecule has 0 aromatic carbocycles. The Morgan fingerprint density at radius 2 is 1.79 bits per heavy atom. The largest absolute Gasteiger partial charge is 0.295 e. The van der Waals surface area contributed by atoms with Crippen LogP contribution in [0.25, 0.3) is 0 Å². The number of carbonyl (C=O) groups is 2. The maximum absolute atomic E-state index is 12.4. The van der Waals surface area contributed by atoms with Gasteiger partial charge in [0.25, 0.3) is 0 Å². The Balaban J connectivity index is 2.04. The van der Waals surface area contributed by atoms with E-state index >= 15 is 0 Å². The summed E-state index contributed by atoms with van der Waals surface area (Å²) in [5.41, 5.74) is -0.515. The Kier molecular flexibility index (Phi) is 4.00. The average Bonchev–Trinajstić information content (AvgIpc) is 2.63. The van der Waals surface area contributed by atoms with E-state index in [1.165, 1.54) is 19.3 Å². The standard InChI is InChI=1S/C15H26N2O2/c1-15(2,3)14(19)16-13(18)12-11-8-6-5-7-10(11)9-17(12)4/h10-12H,5-9H2,1-4H3,(H,16,18,19)/t10-,11-,12+/m0/s1. The minimum atomic E-state index is -0.515. The molecule has 1 saturated heterocycles. The predicted octanol–water partition coefficient (Wildman–Crippen LogP) is 1.80. The molecule has 1 aliphatic carbocycles. The molecule has 0 spiro atoms. The summed E-state index contributed by atoms with van der Waals surface area (Å²) >= 11 is 0. The van der Waals surface area contributed by atoms with Crippen molar-refractivity contribution < 1.29 is 9.59 Å². The SMILES string of the molecule is CN1C[C@@H]2CCCC[C@@H]2[C@@H]1C(=O)NC(=O)C(C)(C)C. The van der Waals surface area contributed by atoms with Gasteiger partial charge in [-0.3, -0.25) is 19.8 Å². The van der Waals surface area contributed by atoms with Gasteiger partial charge in [-0.1, -0.05) is 33.6 Å². The van der Waals surface area contributed by atoms with Crippen molar-refractivity contribution in [3.63, 3.8) is 0 Å². The van der Waals surface area contributed by atoms with Gasteiger partial charge in [-0.15, -0.1) is 0 Å². The van der Waals surface area contributed by atoms with Crippen molar-refractivity contribution in [3.05, 3.63) is 0 Å². The maximum atomic E-state index is 12.4. The van der Waals surface area contributed by atoms with Crippen molar-refractivity contribution in [1.82, 2.24) is 10.2 Å². The summed E-state index contributed by atoms with van der Waals surface area (Å²) in [6.45, 7) is 6.48. The summed E-state index contributed by atoms with van der Waals surface area (Å²) in [4.78, 5) is 26.5. The van der Waals surface area contributed by atoms with Crippen molar-refractivity contribution in [3.8, 4) is 0 Å². The van der Waals surface area contributed by atoms with E-state index in [0.29, 0.717) is 11.8 Å². The lowest BCUT2D eigenvalue weighted by atomic mass is 9.78. The van der Waals surface area contributed by atoms with Crippen LogP contribution < -0.4 is 5.32 Å². The van der Waals surface area contributed by atoms with Gasteiger partial charge in [0.15, 0.2) is 0 Å². The van der Waals surface area contributed by atoms with Gasteiger partial charge in [-0.2, -0.15) is 0 Å². The van der Waals surface area contributed by atoms with E-state index in [0.717, 1.165) is 13.0 Å². The first kappa shape index (κ1) is 14.5. The maximum Gasteiger partial charge on any atom is 0.244 e. The molecule has 0 aromatic rings. The highest BCUT2D eigenvalue weighted by molar-refractivity contribution is 6.00. The van der Waals surface area contributed by atoms with Crippen LogP contribution >= 0.6 is 0 Å². The molecule has 2 aliphatic rings. The van der Waals surface area contributed by atoms with E-state index in [1.54, 1.807) is 0 Å². The van der Waals surface area contributed by atoms with Crippen LogP contribution in [-0.4, -0.2) is 36.3 Å². The molecule has 1 N–H and O–H groups in total. The highest BCUT2D eigenvalue weighted by Crippen LogP contribution is 2.39. The first-order valence-corrected chi connectivity index (χ1v) is 7.36. The van der Waals surface area contributed by atoms with Gasteiger partial charge in [-0.25, -0.2) is 0 Å². The minimum absolute atomic E-state index is 0.100. The van der Waals surface area contributed by atoms with E-state index in [9.17, 15) is 9.59 Å². The molecule has 0 bridgehead atoms. The van der Waals surface area contributed by atoms with Crippen molar-refractivity contribution in [2.24, 2.45) is 17.3 Å². The Bertz CT molecular complexity index is 373. The van der Waals surface area contributed by atoms with Gasteiger partial charge < -0.3 is 0 Å². The van der Waals surface area contributed by atoms with Crippen LogP contribution in [0, 0.1) is 17.3 Å². The van der Waals surface area contributed by atoms with Crippen molar-refractivity contribution in [2.45, 2.75) is 52.5 Å². The van der Waals surface area contributed by atoms with E-state index in [-0.39, 0.29) is 17.9 Å². The van der Waals surface area contributed by atoms with Crippen LogP contribution in [0.5, 0.6) is 0 Å². The Morgan fingerprint density at radius 1 is 1.16 bits per heavy atom. The molecule has 2 rings (SSSR count). The first-order valence-electron chi connectivity index (χ1n) is 7.36. The lowest BCUT2D eigenvalue weighted by Crippen LogP contribution is -2.49. The molecule has 108 valence electrons. The fourth-order valence-corrected chi connectivity index (χ4v) is 3.46. The molecule has 0 aromatic heterocycles. The molecule has 1 saturated carbocycles. The lowest BCUT2D eigenvalue weighted by molar-refractivity contribution is -0.137. The van der Waals surface area contributed by atoms with Crippen LogP contribution in [0.4, 0.5) is 0 Å². The molecule has 1 aliphatic heterocycles. The zero-order chi connectivity index (χ0) is 14.2. The topological polar surface area (TPSA) is 49.4 Å². The normalized spacial score (nSPS) is 31.9. The monoisotopic (exact) mass is 266 g/mol. The Morgan fingerprint density at radius 3 is 2.42 bits per heavy atom. The van der Waals surface area contributed by atoms with Gasteiger partial charge in [0.2, 0.25) is 11.8 Å². The summed E-state index contributed by atoms with van der Waals surface area (Å²) in [7, 11) is 2.00. The lowest BCUT2D eigenvalue weighted by Gasteiger charge is -2.29. The van der Waals surface area contributed by atoms with Crippen LogP contribution in [0.1, 0.15) is 46.5 Å². The number of likely N-dealkylation sites (tertiary alicyclic amines) is 1. The van der Waals surface area contributed by atoms with Gasteiger partial charge in [-0.05, 0) is 31.7 Å². The molecular weight excluding hydrogens is 240 g/mol.